The number of carbonyl (C=O) groups is 2. The van der Waals surface area contributed by atoms with Gasteiger partial charge in [-0.2, -0.15) is 0 Å². The number of rotatable bonds is 5. The van der Waals surface area contributed by atoms with Gasteiger partial charge in [0.05, 0.1) is 0 Å². The number of carbonyl (C=O) groups excluding carboxylic acids is 1. The van der Waals surface area contributed by atoms with Crippen molar-refractivity contribution in [3.05, 3.63) is 35.4 Å². The second-order valence-corrected chi connectivity index (χ2v) is 4.75. The Morgan fingerprint density at radius 1 is 1.40 bits per heavy atom. The SMILES string of the molecule is O=C(N[C@H](CCO)C(=O)O)C1NCCc2ccccc21. The van der Waals surface area contributed by atoms with Crippen molar-refractivity contribution in [1.29, 1.82) is 0 Å². The predicted molar refractivity (Wildman–Crippen MR) is 72.2 cm³/mol. The molecule has 2 atom stereocenters. The number of carboxylic acid groups (broad SMARTS) is 1. The Morgan fingerprint density at radius 2 is 2.15 bits per heavy atom. The zero-order valence-corrected chi connectivity index (χ0v) is 11.0. The molecule has 4 N–H and O–H groups in total. The van der Waals surface area contributed by atoms with Crippen LogP contribution in [0.15, 0.2) is 24.3 Å². The molecule has 6 nitrogen and oxygen atoms in total. The first-order chi connectivity index (χ1) is 9.63. The Kier molecular flexibility index (Phi) is 4.70. The van der Waals surface area contributed by atoms with Gasteiger partial charge in [-0.25, -0.2) is 4.79 Å². The molecule has 0 fully saturated rings. The van der Waals surface area contributed by atoms with Gasteiger partial charge in [0, 0.05) is 19.6 Å². The van der Waals surface area contributed by atoms with Crippen molar-refractivity contribution >= 4 is 11.9 Å². The van der Waals surface area contributed by atoms with Crippen molar-refractivity contribution in [1.82, 2.24) is 10.6 Å². The number of carboxylic acids is 1. The van der Waals surface area contributed by atoms with Gasteiger partial charge in [0.25, 0.3) is 0 Å². The zero-order chi connectivity index (χ0) is 14.5. The van der Waals surface area contributed by atoms with Crippen molar-refractivity contribution < 1.29 is 19.8 Å². The summed E-state index contributed by atoms with van der Waals surface area (Å²) in [6.45, 7) is 0.388. The van der Waals surface area contributed by atoms with Crippen LogP contribution in [0.4, 0.5) is 0 Å². The molecule has 1 aromatic rings. The number of hydrogen-bond acceptors (Lipinski definition) is 4. The summed E-state index contributed by atoms with van der Waals surface area (Å²) in [5.41, 5.74) is 1.98. The first-order valence-corrected chi connectivity index (χ1v) is 6.58. The molecule has 108 valence electrons. The van der Waals surface area contributed by atoms with Crippen LogP contribution in [0, 0.1) is 0 Å². The molecule has 2 rings (SSSR count). The van der Waals surface area contributed by atoms with E-state index in [1.165, 1.54) is 0 Å². The number of aliphatic hydroxyl groups is 1. The second kappa shape index (κ2) is 6.49. The lowest BCUT2D eigenvalue weighted by Gasteiger charge is -2.27. The van der Waals surface area contributed by atoms with Crippen LogP contribution in [0.1, 0.15) is 23.6 Å². The van der Waals surface area contributed by atoms with Gasteiger partial charge >= 0.3 is 5.97 Å². The van der Waals surface area contributed by atoms with Crippen molar-refractivity contribution in [2.75, 3.05) is 13.2 Å². The smallest absolute Gasteiger partial charge is 0.326 e. The lowest BCUT2D eigenvalue weighted by Crippen LogP contribution is -2.48. The molecule has 20 heavy (non-hydrogen) atoms. The monoisotopic (exact) mass is 278 g/mol. The maximum absolute atomic E-state index is 12.2. The third-order valence-electron chi connectivity index (χ3n) is 3.40. The average Bonchev–Trinajstić information content (AvgIpc) is 2.46. The zero-order valence-electron chi connectivity index (χ0n) is 11.0. The van der Waals surface area contributed by atoms with E-state index in [1.54, 1.807) is 0 Å². The van der Waals surface area contributed by atoms with E-state index in [0.29, 0.717) is 6.54 Å². The highest BCUT2D eigenvalue weighted by atomic mass is 16.4. The van der Waals surface area contributed by atoms with E-state index >= 15 is 0 Å². The minimum Gasteiger partial charge on any atom is -0.480 e. The largest absolute Gasteiger partial charge is 0.480 e. The second-order valence-electron chi connectivity index (χ2n) is 4.75. The summed E-state index contributed by atoms with van der Waals surface area (Å²) in [6, 6.07) is 6.01. The van der Waals surface area contributed by atoms with E-state index in [-0.39, 0.29) is 18.9 Å². The van der Waals surface area contributed by atoms with Gasteiger partial charge in [0.2, 0.25) is 5.91 Å². The van der Waals surface area contributed by atoms with Gasteiger partial charge in [0.1, 0.15) is 12.1 Å². The van der Waals surface area contributed by atoms with E-state index in [9.17, 15) is 9.59 Å². The maximum atomic E-state index is 12.2. The number of fused-ring (bicyclic) bond motifs is 1. The van der Waals surface area contributed by atoms with E-state index in [4.69, 9.17) is 10.2 Å². The van der Waals surface area contributed by atoms with E-state index in [1.807, 2.05) is 24.3 Å². The van der Waals surface area contributed by atoms with Gasteiger partial charge in [-0.3, -0.25) is 4.79 Å². The van der Waals surface area contributed by atoms with Crippen LogP contribution in [0.25, 0.3) is 0 Å². The molecule has 1 aliphatic rings. The fourth-order valence-electron chi connectivity index (χ4n) is 2.38. The molecule has 0 spiro atoms. The van der Waals surface area contributed by atoms with Crippen LogP contribution >= 0.6 is 0 Å². The number of amides is 1. The third kappa shape index (κ3) is 3.15. The molecule has 0 bridgehead atoms. The van der Waals surface area contributed by atoms with Crippen LogP contribution < -0.4 is 10.6 Å². The molecule has 0 saturated heterocycles. The molecule has 0 aliphatic carbocycles. The molecule has 0 saturated carbocycles. The molecule has 1 unspecified atom stereocenters. The molecule has 1 aromatic carbocycles. The molecular formula is C14H18N2O4. The van der Waals surface area contributed by atoms with Crippen LogP contribution in [-0.2, 0) is 16.0 Å². The van der Waals surface area contributed by atoms with Crippen LogP contribution in [0.3, 0.4) is 0 Å². The number of hydrogen-bond donors (Lipinski definition) is 4. The van der Waals surface area contributed by atoms with Crippen LogP contribution in [0.5, 0.6) is 0 Å². The summed E-state index contributed by atoms with van der Waals surface area (Å²) >= 11 is 0. The summed E-state index contributed by atoms with van der Waals surface area (Å²) in [6.07, 6.45) is 0.842. The Hall–Kier alpha value is -1.92. The molecule has 1 aliphatic heterocycles. The number of nitrogens with one attached hydrogen (secondary N) is 2. The Morgan fingerprint density at radius 3 is 2.85 bits per heavy atom. The van der Waals surface area contributed by atoms with Crippen molar-refractivity contribution in [3.8, 4) is 0 Å². The highest BCUT2D eigenvalue weighted by Gasteiger charge is 2.29. The molecule has 0 aromatic heterocycles. The molecule has 0 radical (unpaired) electrons. The highest BCUT2D eigenvalue weighted by molar-refractivity contribution is 5.88. The number of benzene rings is 1. The lowest BCUT2D eigenvalue weighted by molar-refractivity contribution is -0.142. The minimum atomic E-state index is -1.14. The fourth-order valence-corrected chi connectivity index (χ4v) is 2.38. The van der Waals surface area contributed by atoms with Crippen molar-refractivity contribution in [2.24, 2.45) is 0 Å². The fraction of sp³-hybridized carbons (Fsp3) is 0.429. The van der Waals surface area contributed by atoms with Gasteiger partial charge in [0.15, 0.2) is 0 Å². The van der Waals surface area contributed by atoms with E-state index in [2.05, 4.69) is 10.6 Å². The van der Waals surface area contributed by atoms with Gasteiger partial charge < -0.3 is 20.8 Å². The maximum Gasteiger partial charge on any atom is 0.326 e. The Balaban J connectivity index is 2.12. The summed E-state index contributed by atoms with van der Waals surface area (Å²) in [7, 11) is 0. The highest BCUT2D eigenvalue weighted by Crippen LogP contribution is 2.22. The summed E-state index contributed by atoms with van der Waals surface area (Å²) in [5, 5.41) is 23.4. The first-order valence-electron chi connectivity index (χ1n) is 6.58. The standard InChI is InChI=1S/C14H18N2O4/c17-8-6-11(14(19)20)16-13(18)12-10-4-2-1-3-9(10)5-7-15-12/h1-4,11-12,15,17H,5-8H2,(H,16,18)(H,19,20)/t11-,12?/m1/s1. The number of aliphatic hydroxyl groups excluding tert-OH is 1. The molecule has 1 heterocycles. The van der Waals surface area contributed by atoms with Crippen molar-refractivity contribution in [2.45, 2.75) is 24.9 Å². The molecule has 6 heteroatoms. The molecule has 1 amide bonds. The van der Waals surface area contributed by atoms with Crippen LogP contribution in [-0.4, -0.2) is 41.3 Å². The van der Waals surface area contributed by atoms with Gasteiger partial charge in [-0.05, 0) is 17.5 Å². The normalized spacial score (nSPS) is 18.9. The van der Waals surface area contributed by atoms with Crippen LogP contribution in [0.2, 0.25) is 0 Å². The lowest BCUT2D eigenvalue weighted by atomic mass is 9.93. The summed E-state index contributed by atoms with van der Waals surface area (Å²) < 4.78 is 0. The summed E-state index contributed by atoms with van der Waals surface area (Å²) in [5.74, 6) is -1.52. The average molecular weight is 278 g/mol. The third-order valence-corrected chi connectivity index (χ3v) is 3.40. The Labute approximate surface area is 116 Å². The van der Waals surface area contributed by atoms with Crippen molar-refractivity contribution in [3.63, 3.8) is 0 Å². The quantitative estimate of drug-likeness (QED) is 0.599. The first kappa shape index (κ1) is 14.5. The molecular weight excluding hydrogens is 260 g/mol. The van der Waals surface area contributed by atoms with E-state index in [0.717, 1.165) is 17.5 Å². The van der Waals surface area contributed by atoms with Gasteiger partial charge in [-0.15, -0.1) is 0 Å². The topological polar surface area (TPSA) is 98.7 Å². The summed E-state index contributed by atoms with van der Waals surface area (Å²) in [4.78, 5) is 23.2. The van der Waals surface area contributed by atoms with E-state index < -0.39 is 18.1 Å². The predicted octanol–water partition coefficient (Wildman–Crippen LogP) is -0.175. The Bertz CT molecular complexity index is 504. The van der Waals surface area contributed by atoms with Gasteiger partial charge in [-0.1, -0.05) is 24.3 Å². The minimum absolute atomic E-state index is 0.00452. The number of aliphatic carboxylic acids is 1.